The molecule has 1 N–H and O–H groups in total. The van der Waals surface area contributed by atoms with Crippen molar-refractivity contribution in [1.29, 1.82) is 5.26 Å². The van der Waals surface area contributed by atoms with Crippen molar-refractivity contribution in [2.45, 2.75) is 51.5 Å². The molecule has 0 fully saturated rings. The van der Waals surface area contributed by atoms with Crippen molar-refractivity contribution < 1.29 is 19.1 Å². The van der Waals surface area contributed by atoms with E-state index in [1.165, 1.54) is 32.7 Å². The number of fused-ring (bicyclic) bond motifs is 1. The SMILES string of the molecule is C[n+]1noc([O-])c1SCCC(=O)Nc1sc2c(c1C#N)CCC(C(C)(C)C)C2. The van der Waals surface area contributed by atoms with Crippen LogP contribution < -0.4 is 15.1 Å². The van der Waals surface area contributed by atoms with Crippen LogP contribution in [0.2, 0.25) is 0 Å². The number of hydrogen-bond acceptors (Lipinski definition) is 7. The molecule has 1 aliphatic carbocycles. The second-order valence-electron chi connectivity index (χ2n) is 8.06. The summed E-state index contributed by atoms with van der Waals surface area (Å²) in [5.41, 5.74) is 1.94. The highest BCUT2D eigenvalue weighted by molar-refractivity contribution is 7.99. The zero-order chi connectivity index (χ0) is 20.5. The molecule has 9 heteroatoms. The van der Waals surface area contributed by atoms with Gasteiger partial charge in [0.05, 0.1) is 10.8 Å². The quantitative estimate of drug-likeness (QED) is 0.589. The van der Waals surface area contributed by atoms with Crippen LogP contribution in [-0.2, 0) is 24.7 Å². The van der Waals surface area contributed by atoms with Crippen LogP contribution in [0.3, 0.4) is 0 Å². The van der Waals surface area contributed by atoms with Crippen LogP contribution in [0, 0.1) is 22.7 Å². The monoisotopic (exact) mass is 420 g/mol. The smallest absolute Gasteiger partial charge is 0.290 e. The Morgan fingerprint density at radius 3 is 2.89 bits per heavy atom. The van der Waals surface area contributed by atoms with Crippen molar-refractivity contribution in [3.05, 3.63) is 16.0 Å². The highest BCUT2D eigenvalue weighted by Gasteiger charge is 2.32. The van der Waals surface area contributed by atoms with E-state index in [4.69, 9.17) is 0 Å². The minimum absolute atomic E-state index is 0.165. The third-order valence-electron chi connectivity index (χ3n) is 5.14. The lowest BCUT2D eigenvalue weighted by molar-refractivity contribution is -0.772. The Kier molecular flexibility index (Phi) is 6.01. The van der Waals surface area contributed by atoms with Gasteiger partial charge < -0.3 is 14.9 Å². The number of thiophene rings is 1. The molecular formula is C19H24N4O3S2. The third kappa shape index (κ3) is 4.33. The predicted molar refractivity (Wildman–Crippen MR) is 105 cm³/mol. The van der Waals surface area contributed by atoms with E-state index < -0.39 is 5.95 Å². The number of anilines is 1. The van der Waals surface area contributed by atoms with Gasteiger partial charge in [-0.05, 0) is 36.2 Å². The molecule has 0 aromatic carbocycles. The zero-order valence-corrected chi connectivity index (χ0v) is 18.1. The first kappa shape index (κ1) is 20.7. The summed E-state index contributed by atoms with van der Waals surface area (Å²) in [5.74, 6) is 0.339. The molecule has 1 amide bonds. The Bertz CT molecular complexity index is 901. The average Bonchev–Trinajstić information content (AvgIpc) is 3.13. The van der Waals surface area contributed by atoms with Gasteiger partial charge >= 0.3 is 0 Å². The van der Waals surface area contributed by atoms with Crippen molar-refractivity contribution in [3.63, 3.8) is 0 Å². The minimum Gasteiger partial charge on any atom is -0.538 e. The number of carbonyl (C=O) groups is 1. The Balaban J connectivity index is 1.64. The number of amides is 1. The van der Waals surface area contributed by atoms with Crippen LogP contribution in [0.4, 0.5) is 5.00 Å². The molecule has 150 valence electrons. The minimum atomic E-state index is -0.501. The van der Waals surface area contributed by atoms with E-state index in [-0.39, 0.29) is 17.7 Å². The van der Waals surface area contributed by atoms with E-state index in [1.54, 1.807) is 7.05 Å². The van der Waals surface area contributed by atoms with Gasteiger partial charge in [0.25, 0.3) is 5.03 Å². The summed E-state index contributed by atoms with van der Waals surface area (Å²) in [6.07, 6.45) is 3.14. The largest absolute Gasteiger partial charge is 0.538 e. The molecule has 0 saturated carbocycles. The summed E-state index contributed by atoms with van der Waals surface area (Å²) in [5, 5.41) is 28.6. The molecule has 7 nitrogen and oxygen atoms in total. The van der Waals surface area contributed by atoms with Gasteiger partial charge in [-0.25, -0.2) is 0 Å². The van der Waals surface area contributed by atoms with E-state index in [0.717, 1.165) is 24.8 Å². The third-order valence-corrected chi connectivity index (χ3v) is 7.42. The van der Waals surface area contributed by atoms with Gasteiger partial charge in [-0.15, -0.1) is 11.3 Å². The van der Waals surface area contributed by atoms with Crippen LogP contribution in [0.15, 0.2) is 9.55 Å². The zero-order valence-electron chi connectivity index (χ0n) is 16.5. The molecule has 0 aliphatic heterocycles. The normalized spacial score (nSPS) is 16.5. The molecule has 1 aliphatic rings. The number of carbonyl (C=O) groups excluding carboxylic acids is 1. The number of rotatable bonds is 5. The summed E-state index contributed by atoms with van der Waals surface area (Å²) in [6, 6.07) is 2.28. The molecule has 0 radical (unpaired) electrons. The first-order valence-electron chi connectivity index (χ1n) is 9.21. The lowest BCUT2D eigenvalue weighted by Crippen LogP contribution is -2.32. The summed E-state index contributed by atoms with van der Waals surface area (Å²) in [6.45, 7) is 6.76. The molecule has 0 saturated heterocycles. The highest BCUT2D eigenvalue weighted by atomic mass is 32.2. The van der Waals surface area contributed by atoms with Crippen molar-refractivity contribution in [2.24, 2.45) is 18.4 Å². The number of hydrogen-bond donors (Lipinski definition) is 1. The fourth-order valence-electron chi connectivity index (χ4n) is 3.42. The van der Waals surface area contributed by atoms with E-state index in [9.17, 15) is 15.2 Å². The molecule has 2 heterocycles. The van der Waals surface area contributed by atoms with Gasteiger partial charge in [0.1, 0.15) is 11.1 Å². The van der Waals surface area contributed by atoms with E-state index in [0.29, 0.717) is 27.3 Å². The average molecular weight is 421 g/mol. The lowest BCUT2D eigenvalue weighted by atomic mass is 9.72. The molecule has 1 atom stereocenters. The number of nitrogens with zero attached hydrogens (tertiary/aromatic N) is 3. The van der Waals surface area contributed by atoms with Gasteiger partial charge in [0.2, 0.25) is 5.91 Å². The molecule has 2 aromatic rings. The van der Waals surface area contributed by atoms with Crippen molar-refractivity contribution in [3.8, 4) is 12.0 Å². The van der Waals surface area contributed by atoms with E-state index >= 15 is 0 Å². The highest BCUT2D eigenvalue weighted by Crippen LogP contribution is 2.44. The Morgan fingerprint density at radius 2 is 2.29 bits per heavy atom. The Hall–Kier alpha value is -2.05. The van der Waals surface area contributed by atoms with Gasteiger partial charge in [0.15, 0.2) is 13.0 Å². The summed E-state index contributed by atoms with van der Waals surface area (Å²) in [4.78, 5) is 13.6. The first-order valence-corrected chi connectivity index (χ1v) is 11.0. The van der Waals surface area contributed by atoms with Crippen molar-refractivity contribution in [2.75, 3.05) is 11.1 Å². The summed E-state index contributed by atoms with van der Waals surface area (Å²) < 4.78 is 5.92. The number of nitriles is 1. The number of thioether (sulfide) groups is 1. The first-order chi connectivity index (χ1) is 13.2. The Morgan fingerprint density at radius 1 is 1.54 bits per heavy atom. The van der Waals surface area contributed by atoms with Gasteiger partial charge in [-0.1, -0.05) is 37.2 Å². The standard InChI is InChI=1S/C19H24N4O3S2/c1-19(2,3)11-5-6-12-13(10-20)16(28-14(12)9-11)21-15(24)7-8-27-17-18(25)26-22-23(17)4/h11H,5-9H2,1-4H3,(H-,21,22,24,25). The fourth-order valence-corrected chi connectivity index (χ4v) is 5.57. The molecular weight excluding hydrogens is 396 g/mol. The molecule has 28 heavy (non-hydrogen) atoms. The van der Waals surface area contributed by atoms with Crippen LogP contribution in [0.1, 0.15) is 49.6 Å². The summed E-state index contributed by atoms with van der Waals surface area (Å²) >= 11 is 2.76. The Labute approximate surface area is 172 Å². The van der Waals surface area contributed by atoms with Crippen LogP contribution in [0.5, 0.6) is 5.95 Å². The predicted octanol–water partition coefficient (Wildman–Crippen LogP) is 2.78. The molecule has 3 rings (SSSR count). The molecule has 0 bridgehead atoms. The van der Waals surface area contributed by atoms with Crippen LogP contribution in [0.25, 0.3) is 0 Å². The second kappa shape index (κ2) is 8.13. The van der Waals surface area contributed by atoms with Crippen molar-refractivity contribution in [1.82, 2.24) is 5.27 Å². The van der Waals surface area contributed by atoms with Crippen molar-refractivity contribution >= 4 is 34.0 Å². The maximum absolute atomic E-state index is 12.4. The molecule has 1 unspecified atom stereocenters. The lowest BCUT2D eigenvalue weighted by Gasteiger charge is -2.33. The molecule has 0 spiro atoms. The van der Waals surface area contributed by atoms with Crippen LogP contribution in [-0.4, -0.2) is 16.9 Å². The van der Waals surface area contributed by atoms with E-state index in [2.05, 4.69) is 42.0 Å². The van der Waals surface area contributed by atoms with Crippen LogP contribution >= 0.6 is 23.1 Å². The maximum Gasteiger partial charge on any atom is 0.290 e. The van der Waals surface area contributed by atoms with Gasteiger partial charge in [-0.3, -0.25) is 4.79 Å². The van der Waals surface area contributed by atoms with E-state index in [1.807, 2.05) is 0 Å². The fraction of sp³-hybridized carbons (Fsp3) is 0.579. The second-order valence-corrected chi connectivity index (χ2v) is 10.3. The number of nitrogens with one attached hydrogen (secondary N) is 1. The van der Waals surface area contributed by atoms with Gasteiger partial charge in [0, 0.05) is 17.1 Å². The number of aromatic nitrogens is 2. The van der Waals surface area contributed by atoms with Gasteiger partial charge in [-0.2, -0.15) is 5.26 Å². The maximum atomic E-state index is 12.4. The molecule has 2 aromatic heterocycles. The number of aryl methyl sites for hydroxylation is 1. The summed E-state index contributed by atoms with van der Waals surface area (Å²) in [7, 11) is 1.62. The topological polar surface area (TPSA) is 106 Å².